The van der Waals surface area contributed by atoms with Crippen molar-refractivity contribution in [3.8, 4) is 10.6 Å². The zero-order valence-electron chi connectivity index (χ0n) is 11.2. The lowest BCUT2D eigenvalue weighted by Crippen LogP contribution is -2.04. The summed E-state index contributed by atoms with van der Waals surface area (Å²) in [5.41, 5.74) is 2.05. The van der Waals surface area contributed by atoms with E-state index >= 15 is 0 Å². The highest BCUT2D eigenvalue weighted by molar-refractivity contribution is 7.13. The van der Waals surface area contributed by atoms with E-state index in [0.717, 1.165) is 10.6 Å². The number of thiazole rings is 1. The third-order valence-electron chi connectivity index (χ3n) is 2.57. The first-order chi connectivity index (χ1) is 9.60. The third kappa shape index (κ3) is 3.51. The highest BCUT2D eigenvalue weighted by Crippen LogP contribution is 2.24. The molecule has 20 heavy (non-hydrogen) atoms. The van der Waals surface area contributed by atoms with Gasteiger partial charge in [-0.1, -0.05) is 0 Å². The van der Waals surface area contributed by atoms with Crippen LogP contribution in [0, 0.1) is 5.82 Å². The molecule has 2 aromatic rings. The molecule has 0 spiro atoms. The number of benzene rings is 1. The Morgan fingerprint density at radius 2 is 2.10 bits per heavy atom. The van der Waals surface area contributed by atoms with Crippen molar-refractivity contribution in [3.05, 3.63) is 46.7 Å². The predicted octanol–water partition coefficient (Wildman–Crippen LogP) is 3.92. The molecule has 104 valence electrons. The van der Waals surface area contributed by atoms with Crippen LogP contribution in [0.2, 0.25) is 0 Å². The average molecular weight is 291 g/mol. The SMILES string of the molecule is CCOC(=O)/C(C)=C/c1csc(-c2ccc(F)cc2)n1. The molecule has 0 fully saturated rings. The number of halogens is 1. The molecule has 0 atom stereocenters. The van der Waals surface area contributed by atoms with E-state index in [1.165, 1.54) is 23.5 Å². The van der Waals surface area contributed by atoms with Gasteiger partial charge in [-0.3, -0.25) is 0 Å². The summed E-state index contributed by atoms with van der Waals surface area (Å²) in [5, 5.41) is 2.63. The molecule has 2 rings (SSSR count). The first-order valence-electron chi connectivity index (χ1n) is 6.17. The highest BCUT2D eigenvalue weighted by Gasteiger charge is 2.07. The lowest BCUT2D eigenvalue weighted by molar-refractivity contribution is -0.138. The van der Waals surface area contributed by atoms with Crippen LogP contribution in [0.25, 0.3) is 16.6 Å². The van der Waals surface area contributed by atoms with E-state index in [2.05, 4.69) is 4.98 Å². The van der Waals surface area contributed by atoms with Crippen molar-refractivity contribution in [1.82, 2.24) is 4.98 Å². The van der Waals surface area contributed by atoms with Crippen LogP contribution in [0.4, 0.5) is 4.39 Å². The third-order valence-corrected chi connectivity index (χ3v) is 3.48. The number of rotatable bonds is 4. The van der Waals surface area contributed by atoms with Crippen LogP contribution in [0.15, 0.2) is 35.2 Å². The van der Waals surface area contributed by atoms with Gasteiger partial charge in [-0.05, 0) is 44.2 Å². The van der Waals surface area contributed by atoms with E-state index in [1.54, 1.807) is 32.1 Å². The number of carbonyl (C=O) groups excluding carboxylic acids is 1. The molecule has 3 nitrogen and oxygen atoms in total. The molecule has 0 amide bonds. The Bertz CT molecular complexity index is 632. The number of hydrogen-bond acceptors (Lipinski definition) is 4. The van der Waals surface area contributed by atoms with Crippen LogP contribution in [0.5, 0.6) is 0 Å². The maximum Gasteiger partial charge on any atom is 0.333 e. The number of nitrogens with zero attached hydrogens (tertiary/aromatic N) is 1. The van der Waals surface area contributed by atoms with Crippen LogP contribution < -0.4 is 0 Å². The summed E-state index contributed by atoms with van der Waals surface area (Å²) in [6, 6.07) is 6.16. The maximum absolute atomic E-state index is 12.9. The van der Waals surface area contributed by atoms with E-state index in [0.29, 0.717) is 17.9 Å². The average Bonchev–Trinajstić information content (AvgIpc) is 2.88. The summed E-state index contributed by atoms with van der Waals surface area (Å²) in [5.74, 6) is -0.618. The monoisotopic (exact) mass is 291 g/mol. The molecule has 0 saturated heterocycles. The first kappa shape index (κ1) is 14.4. The standard InChI is InChI=1S/C15H14FNO2S/c1-3-19-15(18)10(2)8-13-9-20-14(17-13)11-4-6-12(16)7-5-11/h4-9H,3H2,1-2H3/b10-8+. The second kappa shape index (κ2) is 6.43. The molecule has 0 saturated carbocycles. The fourth-order valence-electron chi connectivity index (χ4n) is 1.60. The van der Waals surface area contributed by atoms with Gasteiger partial charge >= 0.3 is 5.97 Å². The molecule has 1 heterocycles. The molecular formula is C15H14FNO2S. The second-order valence-corrected chi connectivity index (χ2v) is 4.99. The quantitative estimate of drug-likeness (QED) is 0.633. The molecule has 0 radical (unpaired) electrons. The van der Waals surface area contributed by atoms with E-state index in [4.69, 9.17) is 4.74 Å². The maximum atomic E-state index is 12.9. The molecule has 0 aliphatic rings. The van der Waals surface area contributed by atoms with Gasteiger partial charge in [0.1, 0.15) is 10.8 Å². The number of aromatic nitrogens is 1. The van der Waals surface area contributed by atoms with Crippen molar-refractivity contribution < 1.29 is 13.9 Å². The number of carbonyl (C=O) groups is 1. The van der Waals surface area contributed by atoms with E-state index < -0.39 is 0 Å². The van der Waals surface area contributed by atoms with Gasteiger partial charge < -0.3 is 4.74 Å². The lowest BCUT2D eigenvalue weighted by atomic mass is 10.2. The molecule has 0 aliphatic heterocycles. The highest BCUT2D eigenvalue weighted by atomic mass is 32.1. The minimum Gasteiger partial charge on any atom is -0.463 e. The number of esters is 1. The van der Waals surface area contributed by atoms with Gasteiger partial charge in [0.05, 0.1) is 12.3 Å². The molecular weight excluding hydrogens is 277 g/mol. The molecule has 1 aromatic carbocycles. The lowest BCUT2D eigenvalue weighted by Gasteiger charge is -2.00. The Kier molecular flexibility index (Phi) is 4.63. The molecule has 5 heteroatoms. The predicted molar refractivity (Wildman–Crippen MR) is 77.8 cm³/mol. The van der Waals surface area contributed by atoms with E-state index in [1.807, 2.05) is 5.38 Å². The smallest absolute Gasteiger partial charge is 0.333 e. The van der Waals surface area contributed by atoms with Crippen molar-refractivity contribution in [2.45, 2.75) is 13.8 Å². The van der Waals surface area contributed by atoms with Gasteiger partial charge in [-0.2, -0.15) is 0 Å². The van der Waals surface area contributed by atoms with Crippen LogP contribution in [-0.2, 0) is 9.53 Å². The van der Waals surface area contributed by atoms with Gasteiger partial charge in [-0.25, -0.2) is 14.2 Å². The largest absolute Gasteiger partial charge is 0.463 e. The van der Waals surface area contributed by atoms with E-state index in [-0.39, 0.29) is 11.8 Å². The molecule has 0 unspecified atom stereocenters. The summed E-state index contributed by atoms with van der Waals surface area (Å²) in [4.78, 5) is 15.9. The minimum absolute atomic E-state index is 0.274. The van der Waals surface area contributed by atoms with Gasteiger partial charge in [0.25, 0.3) is 0 Å². The van der Waals surface area contributed by atoms with Crippen molar-refractivity contribution in [3.63, 3.8) is 0 Å². The van der Waals surface area contributed by atoms with E-state index in [9.17, 15) is 9.18 Å². The van der Waals surface area contributed by atoms with Crippen molar-refractivity contribution in [2.75, 3.05) is 6.61 Å². The zero-order chi connectivity index (χ0) is 14.5. The number of hydrogen-bond donors (Lipinski definition) is 0. The fourth-order valence-corrected chi connectivity index (χ4v) is 2.39. The summed E-state index contributed by atoms with van der Waals surface area (Å²) >= 11 is 1.45. The Morgan fingerprint density at radius 1 is 1.40 bits per heavy atom. The topological polar surface area (TPSA) is 39.2 Å². The van der Waals surface area contributed by atoms with Crippen molar-refractivity contribution >= 4 is 23.4 Å². The van der Waals surface area contributed by atoms with Crippen molar-refractivity contribution in [1.29, 1.82) is 0 Å². The second-order valence-electron chi connectivity index (χ2n) is 4.13. The van der Waals surface area contributed by atoms with Crippen LogP contribution in [0.3, 0.4) is 0 Å². The van der Waals surface area contributed by atoms with Gasteiger partial charge in [0.2, 0.25) is 0 Å². The Morgan fingerprint density at radius 3 is 2.75 bits per heavy atom. The van der Waals surface area contributed by atoms with Gasteiger partial charge in [0.15, 0.2) is 0 Å². The molecule has 1 aromatic heterocycles. The van der Waals surface area contributed by atoms with Gasteiger partial charge in [0, 0.05) is 16.5 Å². The summed E-state index contributed by atoms with van der Waals surface area (Å²) in [6.07, 6.45) is 1.68. The molecule has 0 aliphatic carbocycles. The molecule has 0 bridgehead atoms. The van der Waals surface area contributed by atoms with Crippen LogP contribution >= 0.6 is 11.3 Å². The fraction of sp³-hybridized carbons (Fsp3) is 0.200. The van der Waals surface area contributed by atoms with Crippen LogP contribution in [0.1, 0.15) is 19.5 Å². The van der Waals surface area contributed by atoms with Gasteiger partial charge in [-0.15, -0.1) is 11.3 Å². The Hall–Kier alpha value is -2.01. The summed E-state index contributed by atoms with van der Waals surface area (Å²) < 4.78 is 17.8. The molecule has 0 N–H and O–H groups in total. The van der Waals surface area contributed by atoms with Crippen LogP contribution in [-0.4, -0.2) is 17.6 Å². The Labute approximate surface area is 120 Å². The minimum atomic E-state index is -0.344. The van der Waals surface area contributed by atoms with Crippen molar-refractivity contribution in [2.24, 2.45) is 0 Å². The Balaban J connectivity index is 2.19. The summed E-state index contributed by atoms with van der Waals surface area (Å²) in [6.45, 7) is 3.80. The first-order valence-corrected chi connectivity index (χ1v) is 7.05. The number of ether oxygens (including phenoxy) is 1. The zero-order valence-corrected chi connectivity index (χ0v) is 12.0. The summed E-state index contributed by atoms with van der Waals surface area (Å²) in [7, 11) is 0. The normalized spacial score (nSPS) is 11.4.